The van der Waals surface area contributed by atoms with E-state index in [4.69, 9.17) is 9.15 Å². The SMILES string of the molecule is CCc1c(-c2nnc(N[C@H](C)c3cccc(OC)c3)o2)ccc(O)c1C. The molecule has 6 heteroatoms. The van der Waals surface area contributed by atoms with Gasteiger partial charge in [0.15, 0.2) is 0 Å². The summed E-state index contributed by atoms with van der Waals surface area (Å²) in [4.78, 5) is 0. The van der Waals surface area contributed by atoms with Crippen LogP contribution in [-0.2, 0) is 6.42 Å². The predicted octanol–water partition coefficient (Wildman–Crippen LogP) is 4.49. The van der Waals surface area contributed by atoms with Crippen LogP contribution < -0.4 is 10.1 Å². The molecule has 0 aliphatic carbocycles. The lowest BCUT2D eigenvalue weighted by molar-refractivity contribution is 0.414. The lowest BCUT2D eigenvalue weighted by Crippen LogP contribution is -2.06. The molecular weight excluding hydrogens is 330 g/mol. The van der Waals surface area contributed by atoms with Gasteiger partial charge in [0.2, 0.25) is 5.89 Å². The smallest absolute Gasteiger partial charge is 0.316 e. The van der Waals surface area contributed by atoms with Crippen molar-refractivity contribution < 1.29 is 14.3 Å². The van der Waals surface area contributed by atoms with Crippen molar-refractivity contribution in [3.63, 3.8) is 0 Å². The first-order valence-corrected chi connectivity index (χ1v) is 8.59. The minimum absolute atomic E-state index is 0.0226. The Morgan fingerprint density at radius 3 is 2.77 bits per heavy atom. The van der Waals surface area contributed by atoms with E-state index in [2.05, 4.69) is 15.5 Å². The first-order valence-electron chi connectivity index (χ1n) is 8.59. The molecular formula is C20H23N3O3. The molecule has 136 valence electrons. The zero-order valence-corrected chi connectivity index (χ0v) is 15.4. The van der Waals surface area contributed by atoms with E-state index >= 15 is 0 Å². The van der Waals surface area contributed by atoms with Crippen LogP contribution in [0.2, 0.25) is 0 Å². The maximum absolute atomic E-state index is 9.91. The van der Waals surface area contributed by atoms with E-state index in [1.54, 1.807) is 13.2 Å². The monoisotopic (exact) mass is 353 g/mol. The minimum Gasteiger partial charge on any atom is -0.508 e. The van der Waals surface area contributed by atoms with E-state index < -0.39 is 0 Å². The molecule has 0 fully saturated rings. The Morgan fingerprint density at radius 1 is 1.23 bits per heavy atom. The zero-order chi connectivity index (χ0) is 18.7. The number of phenols is 1. The second-order valence-electron chi connectivity index (χ2n) is 6.14. The van der Waals surface area contributed by atoms with E-state index in [9.17, 15) is 5.11 Å². The third-order valence-electron chi connectivity index (χ3n) is 4.51. The Balaban J connectivity index is 1.83. The summed E-state index contributed by atoms with van der Waals surface area (Å²) in [6.07, 6.45) is 0.765. The number of anilines is 1. The van der Waals surface area contributed by atoms with Gasteiger partial charge in [-0.25, -0.2) is 0 Å². The number of aromatic nitrogens is 2. The van der Waals surface area contributed by atoms with Crippen molar-refractivity contribution in [3.8, 4) is 23.0 Å². The number of hydrogen-bond acceptors (Lipinski definition) is 6. The maximum Gasteiger partial charge on any atom is 0.316 e. The molecule has 2 N–H and O–H groups in total. The first kappa shape index (κ1) is 17.8. The summed E-state index contributed by atoms with van der Waals surface area (Å²) in [6, 6.07) is 11.6. The summed E-state index contributed by atoms with van der Waals surface area (Å²) >= 11 is 0. The third kappa shape index (κ3) is 3.49. The van der Waals surface area contributed by atoms with Crippen molar-refractivity contribution in [1.82, 2.24) is 10.2 Å². The molecule has 0 saturated heterocycles. The standard InChI is InChI=1S/C20H23N3O3/c1-5-16-12(2)18(24)10-9-17(16)19-22-23-20(26-19)21-13(3)14-7-6-8-15(11-14)25-4/h6-11,13,24H,5H2,1-4H3,(H,21,23)/t13-/m1/s1. The van der Waals surface area contributed by atoms with Crippen molar-refractivity contribution in [1.29, 1.82) is 0 Å². The highest BCUT2D eigenvalue weighted by atomic mass is 16.5. The topological polar surface area (TPSA) is 80.4 Å². The molecule has 1 aromatic heterocycles. The molecule has 6 nitrogen and oxygen atoms in total. The number of aromatic hydroxyl groups is 1. The van der Waals surface area contributed by atoms with Gasteiger partial charge < -0.3 is 19.6 Å². The lowest BCUT2D eigenvalue weighted by atomic mass is 9.99. The predicted molar refractivity (Wildman–Crippen MR) is 101 cm³/mol. The van der Waals surface area contributed by atoms with Crippen LogP contribution in [0.5, 0.6) is 11.5 Å². The molecule has 3 aromatic rings. The summed E-state index contributed by atoms with van der Waals surface area (Å²) in [5.74, 6) is 1.51. The van der Waals surface area contributed by atoms with Crippen LogP contribution in [0, 0.1) is 6.92 Å². The van der Waals surface area contributed by atoms with Crippen molar-refractivity contribution >= 4 is 6.01 Å². The molecule has 0 unspecified atom stereocenters. The highest BCUT2D eigenvalue weighted by Crippen LogP contribution is 2.32. The Labute approximate surface area is 152 Å². The van der Waals surface area contributed by atoms with Crippen LogP contribution in [0.4, 0.5) is 6.01 Å². The van der Waals surface area contributed by atoms with Crippen LogP contribution in [0.25, 0.3) is 11.5 Å². The number of phenolic OH excluding ortho intramolecular Hbond substituents is 1. The van der Waals surface area contributed by atoms with E-state index in [-0.39, 0.29) is 11.8 Å². The highest BCUT2D eigenvalue weighted by molar-refractivity contribution is 5.63. The Morgan fingerprint density at radius 2 is 2.04 bits per heavy atom. The molecule has 2 aromatic carbocycles. The van der Waals surface area contributed by atoms with E-state index in [1.807, 2.05) is 51.1 Å². The largest absolute Gasteiger partial charge is 0.508 e. The minimum atomic E-state index is -0.0226. The molecule has 0 aliphatic rings. The molecule has 3 rings (SSSR count). The Hall–Kier alpha value is -3.02. The van der Waals surface area contributed by atoms with Gasteiger partial charge in [0, 0.05) is 5.56 Å². The van der Waals surface area contributed by atoms with Crippen molar-refractivity contribution in [2.45, 2.75) is 33.2 Å². The number of nitrogens with zero attached hydrogens (tertiary/aromatic N) is 2. The van der Waals surface area contributed by atoms with E-state index in [1.165, 1.54) is 0 Å². The number of methoxy groups -OCH3 is 1. The summed E-state index contributed by atoms with van der Waals surface area (Å²) in [7, 11) is 1.65. The fourth-order valence-electron chi connectivity index (χ4n) is 2.97. The van der Waals surface area contributed by atoms with E-state index in [0.29, 0.717) is 11.9 Å². The Bertz CT molecular complexity index is 905. The van der Waals surface area contributed by atoms with Gasteiger partial charge in [-0.2, -0.15) is 0 Å². The summed E-state index contributed by atoms with van der Waals surface area (Å²) in [5, 5.41) is 21.4. The zero-order valence-electron chi connectivity index (χ0n) is 15.4. The van der Waals surface area contributed by atoms with Gasteiger partial charge in [-0.05, 0) is 61.2 Å². The van der Waals surface area contributed by atoms with Gasteiger partial charge in [0.25, 0.3) is 0 Å². The number of rotatable bonds is 6. The molecule has 0 bridgehead atoms. The van der Waals surface area contributed by atoms with Crippen LogP contribution in [-0.4, -0.2) is 22.4 Å². The van der Waals surface area contributed by atoms with Crippen molar-refractivity contribution in [2.24, 2.45) is 0 Å². The fourth-order valence-corrected chi connectivity index (χ4v) is 2.97. The first-order chi connectivity index (χ1) is 12.5. The van der Waals surface area contributed by atoms with E-state index in [0.717, 1.165) is 34.4 Å². The summed E-state index contributed by atoms with van der Waals surface area (Å²) < 4.78 is 11.1. The van der Waals surface area contributed by atoms with Crippen molar-refractivity contribution in [2.75, 3.05) is 12.4 Å². The van der Waals surface area contributed by atoms with Gasteiger partial charge in [0.05, 0.1) is 13.2 Å². The van der Waals surface area contributed by atoms with Gasteiger partial charge in [-0.1, -0.05) is 24.2 Å². The second kappa shape index (κ2) is 7.47. The van der Waals surface area contributed by atoms with Crippen LogP contribution >= 0.6 is 0 Å². The molecule has 1 atom stereocenters. The fraction of sp³-hybridized carbons (Fsp3) is 0.300. The second-order valence-corrected chi connectivity index (χ2v) is 6.14. The number of ether oxygens (including phenoxy) is 1. The average molecular weight is 353 g/mol. The molecule has 0 spiro atoms. The van der Waals surface area contributed by atoms with Gasteiger partial charge in [0.1, 0.15) is 11.5 Å². The quantitative estimate of drug-likeness (QED) is 0.679. The van der Waals surface area contributed by atoms with Gasteiger partial charge in [-0.15, -0.1) is 5.10 Å². The number of hydrogen-bond donors (Lipinski definition) is 2. The highest BCUT2D eigenvalue weighted by Gasteiger charge is 2.17. The molecule has 1 heterocycles. The number of benzene rings is 2. The van der Waals surface area contributed by atoms with Crippen LogP contribution in [0.15, 0.2) is 40.8 Å². The van der Waals surface area contributed by atoms with Crippen molar-refractivity contribution in [3.05, 3.63) is 53.1 Å². The van der Waals surface area contributed by atoms with Crippen LogP contribution in [0.3, 0.4) is 0 Å². The van der Waals surface area contributed by atoms with Crippen LogP contribution in [0.1, 0.15) is 36.6 Å². The summed E-state index contributed by atoms with van der Waals surface area (Å²) in [5.41, 5.74) is 3.74. The lowest BCUT2D eigenvalue weighted by Gasteiger charge is -2.13. The van der Waals surface area contributed by atoms with Gasteiger partial charge in [-0.3, -0.25) is 0 Å². The molecule has 0 aliphatic heterocycles. The molecule has 26 heavy (non-hydrogen) atoms. The van der Waals surface area contributed by atoms with Gasteiger partial charge >= 0.3 is 6.01 Å². The Kier molecular flexibility index (Phi) is 5.11. The summed E-state index contributed by atoms with van der Waals surface area (Å²) in [6.45, 7) is 5.94. The molecule has 0 saturated carbocycles. The maximum atomic E-state index is 9.91. The number of nitrogens with one attached hydrogen (secondary N) is 1. The normalized spacial score (nSPS) is 12.0. The average Bonchev–Trinajstić information content (AvgIpc) is 3.12. The molecule has 0 radical (unpaired) electrons. The third-order valence-corrected chi connectivity index (χ3v) is 4.51. The molecule has 0 amide bonds.